The van der Waals surface area contributed by atoms with E-state index in [2.05, 4.69) is 10.9 Å². The van der Waals surface area contributed by atoms with Gasteiger partial charge in [0.05, 0.1) is 23.2 Å². The Morgan fingerprint density at radius 3 is 2.19 bits per heavy atom. The van der Waals surface area contributed by atoms with Gasteiger partial charge in [0.25, 0.3) is 23.6 Å². The predicted molar refractivity (Wildman–Crippen MR) is 115 cm³/mol. The molecule has 0 atom stereocenters. The Kier molecular flexibility index (Phi) is 5.61. The number of halogens is 1. The van der Waals surface area contributed by atoms with Gasteiger partial charge in [-0.25, -0.2) is 0 Å². The first-order valence-corrected chi connectivity index (χ1v) is 9.86. The number of benzene rings is 3. The minimum atomic E-state index is -0.750. The fourth-order valence-electron chi connectivity index (χ4n) is 3.32. The van der Waals surface area contributed by atoms with Gasteiger partial charge in [0.15, 0.2) is 0 Å². The second-order valence-corrected chi connectivity index (χ2v) is 7.45. The lowest BCUT2D eigenvalue weighted by molar-refractivity contribution is 0.0642. The van der Waals surface area contributed by atoms with Gasteiger partial charge >= 0.3 is 0 Å². The molecule has 0 radical (unpaired) electrons. The number of hydrazine groups is 1. The maximum atomic E-state index is 12.5. The quantitative estimate of drug-likeness (QED) is 0.418. The topological polar surface area (TPSA) is 116 Å². The second kappa shape index (κ2) is 8.52. The number of aromatic hydroxyl groups is 1. The van der Waals surface area contributed by atoms with E-state index in [1.165, 1.54) is 30.3 Å². The number of phenolic OH excluding ortho intramolecular Hbond substituents is 1. The number of carbonyl (C=O) groups is 4. The van der Waals surface area contributed by atoms with Crippen molar-refractivity contribution >= 4 is 35.2 Å². The monoisotopic (exact) mass is 449 g/mol. The molecule has 3 aromatic carbocycles. The Balaban J connectivity index is 1.43. The van der Waals surface area contributed by atoms with Crippen molar-refractivity contribution in [3.05, 3.63) is 99.6 Å². The Morgan fingerprint density at radius 2 is 1.50 bits per heavy atom. The van der Waals surface area contributed by atoms with Gasteiger partial charge in [0, 0.05) is 10.6 Å². The van der Waals surface area contributed by atoms with Crippen molar-refractivity contribution < 1.29 is 24.3 Å². The van der Waals surface area contributed by atoms with Crippen LogP contribution < -0.4 is 10.9 Å². The molecule has 8 nitrogen and oxygen atoms in total. The summed E-state index contributed by atoms with van der Waals surface area (Å²) in [6.07, 6.45) is 0. The highest BCUT2D eigenvalue weighted by Gasteiger charge is 2.35. The van der Waals surface area contributed by atoms with Gasteiger partial charge in [-0.3, -0.25) is 34.9 Å². The lowest BCUT2D eigenvalue weighted by Gasteiger charge is -2.14. The molecule has 0 aromatic heterocycles. The third kappa shape index (κ3) is 4.03. The molecule has 32 heavy (non-hydrogen) atoms. The number of carbonyl (C=O) groups excluding carboxylic acids is 4. The lowest BCUT2D eigenvalue weighted by Crippen LogP contribution is -2.41. The highest BCUT2D eigenvalue weighted by Crippen LogP contribution is 2.24. The van der Waals surface area contributed by atoms with Gasteiger partial charge in [-0.1, -0.05) is 35.9 Å². The zero-order chi connectivity index (χ0) is 22.8. The Labute approximate surface area is 187 Å². The van der Waals surface area contributed by atoms with E-state index in [0.717, 1.165) is 4.90 Å². The van der Waals surface area contributed by atoms with E-state index in [-0.39, 0.29) is 28.4 Å². The largest absolute Gasteiger partial charge is 0.507 e. The molecule has 0 aliphatic carbocycles. The molecule has 160 valence electrons. The van der Waals surface area contributed by atoms with E-state index in [1.54, 1.807) is 36.4 Å². The summed E-state index contributed by atoms with van der Waals surface area (Å²) in [6.45, 7) is -0.00376. The summed E-state index contributed by atoms with van der Waals surface area (Å²) < 4.78 is 0. The molecule has 9 heteroatoms. The van der Waals surface area contributed by atoms with Gasteiger partial charge in [0.2, 0.25) is 0 Å². The third-order valence-corrected chi connectivity index (χ3v) is 5.14. The van der Waals surface area contributed by atoms with E-state index in [1.807, 2.05) is 0 Å². The average Bonchev–Trinajstić information content (AvgIpc) is 3.04. The van der Waals surface area contributed by atoms with Crippen LogP contribution in [0.15, 0.2) is 66.7 Å². The van der Waals surface area contributed by atoms with E-state index in [9.17, 15) is 24.3 Å². The van der Waals surface area contributed by atoms with Crippen LogP contribution in [0, 0.1) is 0 Å². The summed E-state index contributed by atoms with van der Waals surface area (Å²) in [4.78, 5) is 50.9. The molecule has 4 rings (SSSR count). The van der Waals surface area contributed by atoms with Crippen LogP contribution in [0.4, 0.5) is 0 Å². The normalized spacial score (nSPS) is 12.5. The van der Waals surface area contributed by atoms with Crippen molar-refractivity contribution in [3.8, 4) is 5.75 Å². The smallest absolute Gasteiger partial charge is 0.273 e. The summed E-state index contributed by atoms with van der Waals surface area (Å²) in [6, 6.07) is 16.8. The number of fused-ring (bicyclic) bond motifs is 1. The number of imide groups is 1. The molecular weight excluding hydrogens is 434 g/mol. The number of rotatable bonds is 4. The fraction of sp³-hybridized carbons (Fsp3) is 0.0435. The molecule has 1 aliphatic rings. The predicted octanol–water partition coefficient (Wildman–Crippen LogP) is 2.92. The molecule has 0 saturated heterocycles. The summed E-state index contributed by atoms with van der Waals surface area (Å²) in [7, 11) is 0. The van der Waals surface area contributed by atoms with Crippen LogP contribution in [0.1, 0.15) is 47.0 Å². The third-order valence-electron chi connectivity index (χ3n) is 4.90. The molecule has 1 aliphatic heterocycles. The van der Waals surface area contributed by atoms with Gasteiger partial charge < -0.3 is 5.11 Å². The van der Waals surface area contributed by atoms with Gasteiger partial charge in [-0.15, -0.1) is 0 Å². The first-order valence-electron chi connectivity index (χ1n) is 9.48. The SMILES string of the molecule is O=C(NNC(=O)c1cc(Cl)ccc1O)c1cccc(CN2C(=O)c3ccccc3C2=O)c1. The number of nitrogens with zero attached hydrogens (tertiary/aromatic N) is 1. The molecule has 0 bridgehead atoms. The highest BCUT2D eigenvalue weighted by atomic mass is 35.5. The summed E-state index contributed by atoms with van der Waals surface area (Å²) >= 11 is 5.83. The van der Waals surface area contributed by atoms with Crippen molar-refractivity contribution in [2.75, 3.05) is 0 Å². The van der Waals surface area contributed by atoms with Crippen molar-refractivity contribution in [1.82, 2.24) is 15.8 Å². The maximum absolute atomic E-state index is 12.5. The molecule has 1 heterocycles. The standard InChI is InChI=1S/C23H16ClN3O5/c24-15-8-9-19(28)18(11-15)21(30)26-25-20(29)14-5-3-4-13(10-14)12-27-22(31)16-6-1-2-7-17(16)23(27)32/h1-11,28H,12H2,(H,25,29)(H,26,30). The molecule has 3 N–H and O–H groups in total. The molecule has 0 saturated carbocycles. The van der Waals surface area contributed by atoms with E-state index < -0.39 is 23.6 Å². The second-order valence-electron chi connectivity index (χ2n) is 7.01. The van der Waals surface area contributed by atoms with Crippen LogP contribution in [0.3, 0.4) is 0 Å². The number of hydrogen-bond donors (Lipinski definition) is 3. The van der Waals surface area contributed by atoms with Crippen LogP contribution in [0.2, 0.25) is 5.02 Å². The lowest BCUT2D eigenvalue weighted by atomic mass is 10.1. The Bertz CT molecular complexity index is 1240. The molecule has 0 fully saturated rings. The van der Waals surface area contributed by atoms with Crippen LogP contribution in [0.25, 0.3) is 0 Å². The van der Waals surface area contributed by atoms with Crippen LogP contribution in [-0.2, 0) is 6.54 Å². The molecule has 3 aromatic rings. The van der Waals surface area contributed by atoms with Crippen molar-refractivity contribution in [1.29, 1.82) is 0 Å². The minimum absolute atomic E-state index is 0.00376. The van der Waals surface area contributed by atoms with Crippen LogP contribution in [0.5, 0.6) is 5.75 Å². The van der Waals surface area contributed by atoms with Crippen molar-refractivity contribution in [3.63, 3.8) is 0 Å². The average molecular weight is 450 g/mol. The van der Waals surface area contributed by atoms with E-state index >= 15 is 0 Å². The number of amides is 4. The molecule has 4 amide bonds. The maximum Gasteiger partial charge on any atom is 0.273 e. The molecular formula is C23H16ClN3O5. The van der Waals surface area contributed by atoms with Gasteiger partial charge in [-0.05, 0) is 48.0 Å². The van der Waals surface area contributed by atoms with Crippen molar-refractivity contribution in [2.45, 2.75) is 6.54 Å². The highest BCUT2D eigenvalue weighted by molar-refractivity contribution is 6.31. The zero-order valence-electron chi connectivity index (χ0n) is 16.5. The minimum Gasteiger partial charge on any atom is -0.507 e. The molecule has 0 unspecified atom stereocenters. The summed E-state index contributed by atoms with van der Waals surface area (Å²) in [5.74, 6) is -2.45. The van der Waals surface area contributed by atoms with Crippen molar-refractivity contribution in [2.24, 2.45) is 0 Å². The number of nitrogens with one attached hydrogen (secondary N) is 2. The first kappa shape index (κ1) is 21.1. The fourth-order valence-corrected chi connectivity index (χ4v) is 3.49. The summed E-state index contributed by atoms with van der Waals surface area (Å²) in [5.41, 5.74) is 5.82. The van der Waals surface area contributed by atoms with Gasteiger partial charge in [0.1, 0.15) is 5.75 Å². The Hall–Kier alpha value is -4.17. The van der Waals surface area contributed by atoms with Crippen LogP contribution >= 0.6 is 11.6 Å². The van der Waals surface area contributed by atoms with Gasteiger partial charge in [-0.2, -0.15) is 0 Å². The Morgan fingerprint density at radius 1 is 0.844 bits per heavy atom. The number of phenols is 1. The molecule has 0 spiro atoms. The first-order chi connectivity index (χ1) is 15.3. The zero-order valence-corrected chi connectivity index (χ0v) is 17.2. The summed E-state index contributed by atoms with van der Waals surface area (Å²) in [5, 5.41) is 10.0. The van der Waals surface area contributed by atoms with E-state index in [0.29, 0.717) is 16.7 Å². The van der Waals surface area contributed by atoms with Crippen LogP contribution in [-0.4, -0.2) is 33.6 Å². The number of hydrogen-bond acceptors (Lipinski definition) is 5. The van der Waals surface area contributed by atoms with E-state index in [4.69, 9.17) is 11.6 Å².